The maximum atomic E-state index is 12.7. The van der Waals surface area contributed by atoms with Gasteiger partial charge in [-0.3, -0.25) is 24.7 Å². The Hall–Kier alpha value is -10.7. The molecule has 4 heterocycles. The van der Waals surface area contributed by atoms with E-state index >= 15 is 0 Å². The molecule has 14 rings (SSSR count). The van der Waals surface area contributed by atoms with E-state index in [9.17, 15) is 43.4 Å². The summed E-state index contributed by atoms with van der Waals surface area (Å²) in [4.78, 5) is 49.4. The van der Waals surface area contributed by atoms with E-state index in [1.54, 1.807) is 24.3 Å². The maximum absolute atomic E-state index is 12.7. The highest BCUT2D eigenvalue weighted by molar-refractivity contribution is 7.88. The van der Waals surface area contributed by atoms with E-state index in [1.807, 2.05) is 105 Å². The lowest BCUT2D eigenvalue weighted by Crippen LogP contribution is -2.48. The first-order valence-electron chi connectivity index (χ1n) is 42.8. The summed E-state index contributed by atoms with van der Waals surface area (Å²) < 4.78 is 35.8. The first-order valence-corrected chi connectivity index (χ1v) is 44.2. The number of rotatable bonds is 28. The van der Waals surface area contributed by atoms with Crippen LogP contribution >= 0.6 is 0 Å². The Kier molecular flexibility index (Phi) is 30.6. The van der Waals surface area contributed by atoms with E-state index in [2.05, 4.69) is 191 Å². The molecule has 4 aliphatic heterocycles. The standard InChI is InChI=1S/C35H41N3O5.C33H40N2O4S.C32H39N3O2/c1-34(2,3)43-33(40)37-22-20-35(25-37)19-21-36(24-35)29-15-11-27(12-16-29)32(28-13-17-30(18-14-28)38(41)42)31(10-7-23-39)26-8-5-4-6-9-26;1-25(2)34-20-22-35(23-21-34)29-14-10-27(11-15-29)33(32(9-6-24-36)26-7-4-3-5-8-26)28-12-16-30(17-13-28)39-40(37,38)31-18-19-31;1-24(2)34-19-21-35(22-20-34)30-17-13-28(14-18-30)32(27-11-15-29(16-12-27)33-25(3)37)31(10-7-23-36)26-8-5-4-6-9-26/h4-6,8-9,11-18,39H,7,10,19-25H2,1-3H3;3-5,7-8,10-17,25,31,36H,6,9,18-24H2,1-2H3;4-6,8-9,11-18,24,36H,7,10,19-23H2,1-3H3,(H,33,37)/b32-31+;33-32+;32-31-. The molecular formula is C100H120N8O11S. The normalized spacial score (nSPS) is 17.2. The van der Waals surface area contributed by atoms with Crippen molar-refractivity contribution in [2.45, 2.75) is 143 Å². The highest BCUT2D eigenvalue weighted by Gasteiger charge is 2.46. The van der Waals surface area contributed by atoms with Gasteiger partial charge in [0.1, 0.15) is 11.4 Å². The zero-order valence-electron chi connectivity index (χ0n) is 71.1. The van der Waals surface area contributed by atoms with Gasteiger partial charge in [0.15, 0.2) is 0 Å². The lowest BCUT2D eigenvalue weighted by Gasteiger charge is -2.38. The predicted molar refractivity (Wildman–Crippen MR) is 488 cm³/mol. The number of hydrogen-bond donors (Lipinski definition) is 4. The number of likely N-dealkylation sites (tertiary alicyclic amines) is 1. The Morgan fingerprint density at radius 3 is 1.16 bits per heavy atom. The van der Waals surface area contributed by atoms with Crippen molar-refractivity contribution in [1.82, 2.24) is 14.7 Å². The quantitative estimate of drug-likeness (QED) is 0.0155. The average molecular weight is 1640 g/mol. The van der Waals surface area contributed by atoms with Crippen LogP contribution in [0.3, 0.4) is 0 Å². The van der Waals surface area contributed by atoms with Crippen LogP contribution in [0.4, 0.5) is 33.2 Å². The van der Waals surface area contributed by atoms with Gasteiger partial charge in [0.25, 0.3) is 5.69 Å². The number of non-ortho nitro benzene ring substituents is 1. The number of benzene rings is 9. The zero-order chi connectivity index (χ0) is 84.9. The highest BCUT2D eigenvalue weighted by Crippen LogP contribution is 2.45. The zero-order valence-corrected chi connectivity index (χ0v) is 71.9. The Morgan fingerprint density at radius 1 is 0.467 bits per heavy atom. The molecule has 1 saturated carbocycles. The number of carbonyl (C=O) groups excluding carboxylic acids is 2. The van der Waals surface area contributed by atoms with Gasteiger partial charge in [-0.05, 0) is 269 Å². The Labute approximate surface area is 710 Å². The highest BCUT2D eigenvalue weighted by atomic mass is 32.2. The summed E-state index contributed by atoms with van der Waals surface area (Å²) in [7, 11) is -3.57. The van der Waals surface area contributed by atoms with E-state index in [-0.39, 0.29) is 53.1 Å². The molecule has 20 heteroatoms. The first-order chi connectivity index (χ1) is 57.9. The molecule has 1 unspecified atom stereocenters. The number of nitrogens with one attached hydrogen (secondary N) is 1. The molecule has 19 nitrogen and oxygen atoms in total. The number of nitro groups is 1. The van der Waals surface area contributed by atoms with E-state index in [0.717, 1.165) is 187 Å². The Balaban J connectivity index is 0.000000165. The number of ether oxygens (including phenoxy) is 1. The van der Waals surface area contributed by atoms with Crippen LogP contribution in [0, 0.1) is 15.5 Å². The van der Waals surface area contributed by atoms with Gasteiger partial charge < -0.3 is 49.2 Å². The number of piperazine rings is 2. The number of nitro benzene ring substituents is 1. The second-order valence-corrected chi connectivity index (χ2v) is 35.5. The van der Waals surface area contributed by atoms with Gasteiger partial charge in [0.05, 0.1) is 10.2 Å². The summed E-state index contributed by atoms with van der Waals surface area (Å²) in [5.41, 5.74) is 20.2. The number of nitrogens with zero attached hydrogens (tertiary/aromatic N) is 7. The number of amides is 2. The van der Waals surface area contributed by atoms with Crippen LogP contribution in [0.15, 0.2) is 237 Å². The molecule has 120 heavy (non-hydrogen) atoms. The molecule has 1 atom stereocenters. The van der Waals surface area contributed by atoms with Gasteiger partial charge >= 0.3 is 16.2 Å². The number of carbonyl (C=O) groups is 2. The van der Waals surface area contributed by atoms with Gasteiger partial charge in [0, 0.05) is 158 Å². The van der Waals surface area contributed by atoms with Crippen LogP contribution in [0.25, 0.3) is 33.4 Å². The van der Waals surface area contributed by atoms with Gasteiger partial charge in [-0.25, -0.2) is 4.79 Å². The van der Waals surface area contributed by atoms with E-state index in [4.69, 9.17) is 8.92 Å². The molecule has 0 radical (unpaired) electrons. The van der Waals surface area contributed by atoms with Crippen molar-refractivity contribution in [3.8, 4) is 5.75 Å². The van der Waals surface area contributed by atoms with Gasteiger partial charge in [-0.2, -0.15) is 8.42 Å². The summed E-state index contributed by atoms with van der Waals surface area (Å²) in [5.74, 6) is 0.253. The van der Waals surface area contributed by atoms with Crippen LogP contribution in [0.5, 0.6) is 5.75 Å². The molecule has 0 bridgehead atoms. The fraction of sp³-hybridized carbons (Fsp3) is 0.380. The van der Waals surface area contributed by atoms with Gasteiger partial charge in [0.2, 0.25) is 5.91 Å². The molecule has 9 aromatic carbocycles. The molecule has 1 aliphatic carbocycles. The Morgan fingerprint density at radius 2 is 0.817 bits per heavy atom. The molecule has 5 aliphatic rings. The summed E-state index contributed by atoms with van der Waals surface area (Å²) in [5, 5.41) is 42.9. The lowest BCUT2D eigenvalue weighted by molar-refractivity contribution is -0.384. The van der Waals surface area contributed by atoms with Crippen molar-refractivity contribution < 1.29 is 47.2 Å². The second kappa shape index (κ2) is 41.5. The second-order valence-electron chi connectivity index (χ2n) is 33.7. The number of hydrogen-bond acceptors (Lipinski definition) is 16. The summed E-state index contributed by atoms with van der Waals surface area (Å²) in [6, 6.07) is 80.4. The molecule has 5 fully saturated rings. The lowest BCUT2D eigenvalue weighted by atomic mass is 9.86. The number of allylic oxidation sites excluding steroid dienone is 3. The monoisotopic (exact) mass is 1640 g/mol. The molecule has 1 spiro atoms. The van der Waals surface area contributed by atoms with Gasteiger partial charge in [-0.15, -0.1) is 0 Å². The minimum Gasteiger partial charge on any atom is -0.444 e. The van der Waals surface area contributed by atoms with Crippen LogP contribution in [-0.4, -0.2) is 177 Å². The van der Waals surface area contributed by atoms with Crippen molar-refractivity contribution in [3.63, 3.8) is 0 Å². The Bertz CT molecular complexity index is 5040. The van der Waals surface area contributed by atoms with Crippen molar-refractivity contribution in [2.24, 2.45) is 5.41 Å². The van der Waals surface area contributed by atoms with Crippen molar-refractivity contribution in [3.05, 3.63) is 297 Å². The van der Waals surface area contributed by atoms with Crippen LogP contribution in [0.1, 0.15) is 170 Å². The minimum atomic E-state index is -3.57. The first kappa shape index (κ1) is 88.6. The molecule has 9 aromatic rings. The third-order valence-electron chi connectivity index (χ3n) is 23.4. The summed E-state index contributed by atoms with van der Waals surface area (Å²) in [6.45, 7) is 28.2. The van der Waals surface area contributed by atoms with Crippen LogP contribution in [-0.2, 0) is 19.6 Å². The van der Waals surface area contributed by atoms with Crippen molar-refractivity contribution in [1.29, 1.82) is 0 Å². The molecule has 4 N–H and O–H groups in total. The predicted octanol–water partition coefficient (Wildman–Crippen LogP) is 18.9. The fourth-order valence-electron chi connectivity index (χ4n) is 16.8. The fourth-order valence-corrected chi connectivity index (χ4v) is 18.0. The topological polar surface area (TPSA) is 222 Å². The molecule has 2 amide bonds. The van der Waals surface area contributed by atoms with Crippen LogP contribution < -0.4 is 24.2 Å². The minimum absolute atomic E-state index is 0.0511. The van der Waals surface area contributed by atoms with Crippen molar-refractivity contribution in [2.75, 3.05) is 118 Å². The van der Waals surface area contributed by atoms with E-state index < -0.39 is 15.7 Å². The number of anilines is 4. The average Bonchev–Trinajstić information content (AvgIpc) is 1.58. The number of aliphatic hydroxyl groups excluding tert-OH is 3. The number of aliphatic hydroxyl groups is 3. The third kappa shape index (κ3) is 23.7. The van der Waals surface area contributed by atoms with Gasteiger partial charge in [-0.1, -0.05) is 152 Å². The van der Waals surface area contributed by atoms with Crippen molar-refractivity contribution >= 4 is 84.0 Å². The largest absolute Gasteiger partial charge is 0.444 e. The van der Waals surface area contributed by atoms with Crippen LogP contribution in [0.2, 0.25) is 0 Å². The summed E-state index contributed by atoms with van der Waals surface area (Å²) >= 11 is 0. The smallest absolute Gasteiger partial charge is 0.410 e. The maximum Gasteiger partial charge on any atom is 0.410 e. The molecule has 632 valence electrons. The SMILES string of the molecule is CC(=O)Nc1ccc(/C(=C(\CCCO)c2ccccc2)c2ccc(N3CCN(C(C)C)CC3)cc2)cc1.CC(C)(C)OC(=O)N1CCC2(CCN(c3ccc(/C(=C(/CCCO)c4ccccc4)c4ccc([N+](=O)[O-])cc4)cc3)C2)C1.CC(C)N1CCN(c2ccc(/C(=C(/CCCO)c3ccccc3)c3ccc(OS(=O)(=O)C4CC4)cc3)cc2)CC1. The van der Waals surface area contributed by atoms with E-state index in [0.29, 0.717) is 62.8 Å². The molecule has 0 aromatic heterocycles. The molecule has 4 saturated heterocycles. The molecular weight excluding hydrogens is 1520 g/mol. The third-order valence-corrected chi connectivity index (χ3v) is 25.1. The van der Waals surface area contributed by atoms with E-state index in [1.165, 1.54) is 23.9 Å². The summed E-state index contributed by atoms with van der Waals surface area (Å²) in [6.07, 6.45) is 7.19.